The van der Waals surface area contributed by atoms with Crippen molar-refractivity contribution in [2.75, 3.05) is 25.0 Å². The summed E-state index contributed by atoms with van der Waals surface area (Å²) in [6.45, 7) is 4.98. The van der Waals surface area contributed by atoms with Crippen molar-refractivity contribution < 1.29 is 9.90 Å². The minimum atomic E-state index is -0.230. The van der Waals surface area contributed by atoms with Crippen LogP contribution in [0.5, 0.6) is 0 Å². The van der Waals surface area contributed by atoms with Gasteiger partial charge < -0.3 is 10.4 Å². The summed E-state index contributed by atoms with van der Waals surface area (Å²) in [6.07, 6.45) is 3.48. The maximum absolute atomic E-state index is 12.3. The van der Waals surface area contributed by atoms with E-state index in [2.05, 4.69) is 26.3 Å². The molecule has 132 valence electrons. The van der Waals surface area contributed by atoms with Crippen LogP contribution in [0.3, 0.4) is 0 Å². The summed E-state index contributed by atoms with van der Waals surface area (Å²) in [7, 11) is 0. The molecule has 1 aliphatic rings. The van der Waals surface area contributed by atoms with E-state index in [4.69, 9.17) is 0 Å². The second-order valence-electron chi connectivity index (χ2n) is 6.60. The maximum Gasteiger partial charge on any atom is 0.274 e. The van der Waals surface area contributed by atoms with Gasteiger partial charge in [-0.25, -0.2) is 9.97 Å². The van der Waals surface area contributed by atoms with Gasteiger partial charge in [-0.3, -0.25) is 9.69 Å². The minimum absolute atomic E-state index is 0.230. The molecular formula is C19H24N4O2. The highest BCUT2D eigenvalue weighted by atomic mass is 16.3. The zero-order valence-corrected chi connectivity index (χ0v) is 14.5. The predicted octanol–water partition coefficient (Wildman–Crippen LogP) is 2.24. The first-order valence-electron chi connectivity index (χ1n) is 8.66. The second kappa shape index (κ2) is 8.18. The van der Waals surface area contributed by atoms with Gasteiger partial charge in [-0.2, -0.15) is 0 Å². The highest BCUT2D eigenvalue weighted by Crippen LogP contribution is 2.20. The standard InChI is InChI=1S/C19H24N4O2/c1-14-9-18(21-13-20-14)19(25)22-17-4-2-3-16(10-17)11-23-7-5-15(12-24)6-8-23/h2-4,9-10,13,15,24H,5-8,11-12H2,1H3,(H,22,25). The summed E-state index contributed by atoms with van der Waals surface area (Å²) in [6, 6.07) is 9.58. The normalized spacial score (nSPS) is 15.9. The van der Waals surface area contributed by atoms with Crippen LogP contribution in [-0.2, 0) is 6.54 Å². The molecule has 0 aliphatic carbocycles. The number of hydrogen-bond acceptors (Lipinski definition) is 5. The van der Waals surface area contributed by atoms with Crippen molar-refractivity contribution >= 4 is 11.6 Å². The molecule has 1 fully saturated rings. The summed E-state index contributed by atoms with van der Waals surface area (Å²) in [5.74, 6) is 0.213. The first-order chi connectivity index (χ1) is 12.1. The molecule has 1 aromatic heterocycles. The van der Waals surface area contributed by atoms with Crippen molar-refractivity contribution in [3.8, 4) is 0 Å². The van der Waals surface area contributed by atoms with Crippen molar-refractivity contribution in [1.29, 1.82) is 0 Å². The second-order valence-corrected chi connectivity index (χ2v) is 6.60. The molecule has 2 aromatic rings. The predicted molar refractivity (Wildman–Crippen MR) is 96.3 cm³/mol. The van der Waals surface area contributed by atoms with Crippen LogP contribution >= 0.6 is 0 Å². The fourth-order valence-corrected chi connectivity index (χ4v) is 3.11. The van der Waals surface area contributed by atoms with E-state index < -0.39 is 0 Å². The largest absolute Gasteiger partial charge is 0.396 e. The van der Waals surface area contributed by atoms with E-state index in [1.807, 2.05) is 25.1 Å². The lowest BCUT2D eigenvalue weighted by atomic mass is 9.97. The fraction of sp³-hybridized carbons (Fsp3) is 0.421. The van der Waals surface area contributed by atoms with Gasteiger partial charge in [0.1, 0.15) is 12.0 Å². The Bertz CT molecular complexity index is 727. The number of hydrogen-bond donors (Lipinski definition) is 2. The molecular weight excluding hydrogens is 316 g/mol. The zero-order chi connectivity index (χ0) is 17.6. The average molecular weight is 340 g/mol. The van der Waals surface area contributed by atoms with E-state index in [-0.39, 0.29) is 12.5 Å². The van der Waals surface area contributed by atoms with Crippen LogP contribution in [-0.4, -0.2) is 45.6 Å². The van der Waals surface area contributed by atoms with E-state index in [1.165, 1.54) is 11.9 Å². The molecule has 6 nitrogen and oxygen atoms in total. The van der Waals surface area contributed by atoms with Crippen molar-refractivity contribution in [3.63, 3.8) is 0 Å². The van der Waals surface area contributed by atoms with Crippen LogP contribution in [0.1, 0.15) is 34.6 Å². The lowest BCUT2D eigenvalue weighted by Gasteiger charge is -2.31. The van der Waals surface area contributed by atoms with Crippen LogP contribution in [0.15, 0.2) is 36.7 Å². The Labute approximate surface area is 147 Å². The monoisotopic (exact) mass is 340 g/mol. The number of aliphatic hydroxyl groups excluding tert-OH is 1. The molecule has 25 heavy (non-hydrogen) atoms. The molecule has 1 amide bonds. The van der Waals surface area contributed by atoms with Gasteiger partial charge in [0.2, 0.25) is 0 Å². The van der Waals surface area contributed by atoms with Gasteiger partial charge in [-0.1, -0.05) is 12.1 Å². The first-order valence-corrected chi connectivity index (χ1v) is 8.66. The molecule has 2 heterocycles. The number of aliphatic hydroxyl groups is 1. The Kier molecular flexibility index (Phi) is 5.73. The van der Waals surface area contributed by atoms with E-state index >= 15 is 0 Å². The van der Waals surface area contributed by atoms with Crippen molar-refractivity contribution in [3.05, 3.63) is 53.6 Å². The molecule has 1 aromatic carbocycles. The van der Waals surface area contributed by atoms with Crippen molar-refractivity contribution in [2.45, 2.75) is 26.3 Å². The third-order valence-corrected chi connectivity index (χ3v) is 4.59. The van der Waals surface area contributed by atoms with Crippen LogP contribution in [0.25, 0.3) is 0 Å². The summed E-state index contributed by atoms with van der Waals surface area (Å²) in [4.78, 5) is 22.7. The maximum atomic E-state index is 12.3. The molecule has 3 rings (SSSR count). The third kappa shape index (κ3) is 4.84. The number of anilines is 1. The summed E-state index contributed by atoms with van der Waals surface area (Å²) in [5, 5.41) is 12.1. The number of aromatic nitrogens is 2. The molecule has 0 spiro atoms. The SMILES string of the molecule is Cc1cc(C(=O)Nc2cccc(CN3CCC(CO)CC3)c2)ncn1. The number of rotatable bonds is 5. The van der Waals surface area contributed by atoms with Gasteiger partial charge >= 0.3 is 0 Å². The van der Waals surface area contributed by atoms with Gasteiger partial charge in [0.05, 0.1) is 0 Å². The molecule has 0 bridgehead atoms. The number of piperidine rings is 1. The highest BCUT2D eigenvalue weighted by Gasteiger charge is 2.18. The topological polar surface area (TPSA) is 78.4 Å². The Morgan fingerprint density at radius 1 is 1.28 bits per heavy atom. The number of nitrogens with one attached hydrogen (secondary N) is 1. The number of benzene rings is 1. The third-order valence-electron chi connectivity index (χ3n) is 4.59. The molecule has 1 aliphatic heterocycles. The Balaban J connectivity index is 1.61. The van der Waals surface area contributed by atoms with Crippen LogP contribution in [0.4, 0.5) is 5.69 Å². The number of amides is 1. The van der Waals surface area contributed by atoms with Gasteiger partial charge in [-0.15, -0.1) is 0 Å². The van der Waals surface area contributed by atoms with E-state index in [0.29, 0.717) is 11.6 Å². The molecule has 0 saturated carbocycles. The van der Waals surface area contributed by atoms with Gasteiger partial charge in [0.25, 0.3) is 5.91 Å². The Hall–Kier alpha value is -2.31. The lowest BCUT2D eigenvalue weighted by molar-refractivity contribution is 0.102. The number of carbonyl (C=O) groups excluding carboxylic acids is 1. The molecule has 0 atom stereocenters. The number of nitrogens with zero attached hydrogens (tertiary/aromatic N) is 3. The van der Waals surface area contributed by atoms with Crippen molar-refractivity contribution in [2.24, 2.45) is 5.92 Å². The Morgan fingerprint density at radius 2 is 2.08 bits per heavy atom. The van der Waals surface area contributed by atoms with Crippen LogP contribution < -0.4 is 5.32 Å². The van der Waals surface area contributed by atoms with E-state index in [9.17, 15) is 9.90 Å². The molecule has 1 saturated heterocycles. The summed E-state index contributed by atoms with van der Waals surface area (Å²) >= 11 is 0. The van der Waals surface area contributed by atoms with Gasteiger partial charge in [0.15, 0.2) is 0 Å². The smallest absolute Gasteiger partial charge is 0.274 e. The van der Waals surface area contributed by atoms with Gasteiger partial charge in [-0.05, 0) is 62.5 Å². The summed E-state index contributed by atoms with van der Waals surface area (Å²) in [5.41, 5.74) is 3.06. The lowest BCUT2D eigenvalue weighted by Crippen LogP contribution is -2.34. The van der Waals surface area contributed by atoms with E-state index in [0.717, 1.165) is 43.9 Å². The first kappa shape index (κ1) is 17.5. The number of carbonyl (C=O) groups is 1. The van der Waals surface area contributed by atoms with Crippen LogP contribution in [0, 0.1) is 12.8 Å². The fourth-order valence-electron chi connectivity index (χ4n) is 3.11. The highest BCUT2D eigenvalue weighted by molar-refractivity contribution is 6.02. The average Bonchev–Trinajstić information content (AvgIpc) is 2.63. The molecule has 2 N–H and O–H groups in total. The number of aryl methyl sites for hydroxylation is 1. The molecule has 0 radical (unpaired) electrons. The van der Waals surface area contributed by atoms with Crippen molar-refractivity contribution in [1.82, 2.24) is 14.9 Å². The number of likely N-dealkylation sites (tertiary alicyclic amines) is 1. The minimum Gasteiger partial charge on any atom is -0.396 e. The Morgan fingerprint density at radius 3 is 2.80 bits per heavy atom. The molecule has 0 unspecified atom stereocenters. The van der Waals surface area contributed by atoms with Gasteiger partial charge in [0, 0.05) is 24.5 Å². The van der Waals surface area contributed by atoms with Crippen LogP contribution in [0.2, 0.25) is 0 Å². The quantitative estimate of drug-likeness (QED) is 0.873. The molecule has 6 heteroatoms. The zero-order valence-electron chi connectivity index (χ0n) is 14.5. The van der Waals surface area contributed by atoms with E-state index in [1.54, 1.807) is 6.07 Å². The summed E-state index contributed by atoms with van der Waals surface area (Å²) < 4.78 is 0.